The van der Waals surface area contributed by atoms with Crippen LogP contribution in [0.2, 0.25) is 0 Å². The molecule has 1 aromatic carbocycles. The summed E-state index contributed by atoms with van der Waals surface area (Å²) in [7, 11) is 0. The molecule has 1 unspecified atom stereocenters. The molecule has 1 nitrogen and oxygen atoms in total. The van der Waals surface area contributed by atoms with E-state index in [1.807, 2.05) is 12.1 Å². The van der Waals surface area contributed by atoms with Gasteiger partial charge in [-0.1, -0.05) is 19.1 Å². The normalized spacial score (nSPS) is 27.8. The zero-order valence-corrected chi connectivity index (χ0v) is 7.81. The third kappa shape index (κ3) is 1.59. The molecule has 2 heteroatoms. The SMILES string of the molecule is CC1(c2ccc(F)cc2)CCNC1. The van der Waals surface area contributed by atoms with E-state index in [9.17, 15) is 4.39 Å². The van der Waals surface area contributed by atoms with Gasteiger partial charge in [-0.05, 0) is 30.7 Å². The van der Waals surface area contributed by atoms with E-state index in [2.05, 4.69) is 12.2 Å². The number of hydrogen-bond acceptors (Lipinski definition) is 1. The summed E-state index contributed by atoms with van der Waals surface area (Å²) in [6.07, 6.45) is 1.14. The Labute approximate surface area is 78.0 Å². The van der Waals surface area contributed by atoms with Crippen LogP contribution >= 0.6 is 0 Å². The van der Waals surface area contributed by atoms with Crippen LogP contribution in [0, 0.1) is 5.82 Å². The summed E-state index contributed by atoms with van der Waals surface area (Å²) >= 11 is 0. The Kier molecular flexibility index (Phi) is 2.08. The van der Waals surface area contributed by atoms with Gasteiger partial charge < -0.3 is 5.32 Å². The van der Waals surface area contributed by atoms with Gasteiger partial charge in [0.05, 0.1) is 0 Å². The van der Waals surface area contributed by atoms with E-state index in [1.54, 1.807) is 12.1 Å². The minimum absolute atomic E-state index is 0.154. The monoisotopic (exact) mass is 179 g/mol. The Balaban J connectivity index is 2.29. The summed E-state index contributed by atoms with van der Waals surface area (Å²) in [5.41, 5.74) is 1.44. The molecule has 0 amide bonds. The van der Waals surface area contributed by atoms with Crippen LogP contribution in [0.1, 0.15) is 18.9 Å². The van der Waals surface area contributed by atoms with Crippen LogP contribution in [0.3, 0.4) is 0 Å². The molecule has 1 N–H and O–H groups in total. The number of hydrogen-bond donors (Lipinski definition) is 1. The molecule has 13 heavy (non-hydrogen) atoms. The fraction of sp³-hybridized carbons (Fsp3) is 0.455. The zero-order chi connectivity index (χ0) is 9.31. The maximum absolute atomic E-state index is 12.7. The number of nitrogens with one attached hydrogen (secondary N) is 1. The Morgan fingerprint density at radius 2 is 2.00 bits per heavy atom. The molecule has 1 saturated heterocycles. The summed E-state index contributed by atoms with van der Waals surface area (Å²) in [5.74, 6) is -0.154. The maximum atomic E-state index is 12.7. The molecular weight excluding hydrogens is 165 g/mol. The van der Waals surface area contributed by atoms with Gasteiger partial charge in [-0.3, -0.25) is 0 Å². The third-order valence-corrected chi connectivity index (χ3v) is 2.91. The topological polar surface area (TPSA) is 12.0 Å². The molecule has 2 rings (SSSR count). The molecule has 0 spiro atoms. The Morgan fingerprint density at radius 3 is 2.54 bits per heavy atom. The lowest BCUT2D eigenvalue weighted by atomic mass is 9.82. The second-order valence-electron chi connectivity index (χ2n) is 3.99. The van der Waals surface area contributed by atoms with Crippen LogP contribution in [0.4, 0.5) is 4.39 Å². The van der Waals surface area contributed by atoms with Crippen molar-refractivity contribution < 1.29 is 4.39 Å². The lowest BCUT2D eigenvalue weighted by molar-refractivity contribution is 0.522. The van der Waals surface area contributed by atoms with Crippen LogP contribution < -0.4 is 5.32 Å². The third-order valence-electron chi connectivity index (χ3n) is 2.91. The molecule has 1 heterocycles. The first-order valence-corrected chi connectivity index (χ1v) is 4.67. The molecule has 0 saturated carbocycles. The van der Waals surface area contributed by atoms with Gasteiger partial charge in [0.2, 0.25) is 0 Å². The first-order valence-electron chi connectivity index (χ1n) is 4.67. The summed E-state index contributed by atoms with van der Waals surface area (Å²) in [5, 5.41) is 3.33. The van der Waals surface area contributed by atoms with Gasteiger partial charge in [-0.2, -0.15) is 0 Å². The van der Waals surface area contributed by atoms with Crippen LogP contribution in [-0.4, -0.2) is 13.1 Å². The molecule has 70 valence electrons. The lowest BCUT2D eigenvalue weighted by Crippen LogP contribution is -2.24. The molecule has 0 bridgehead atoms. The van der Waals surface area contributed by atoms with Gasteiger partial charge in [0.1, 0.15) is 5.82 Å². The molecule has 1 atom stereocenters. The van der Waals surface area contributed by atoms with Gasteiger partial charge in [0.25, 0.3) is 0 Å². The highest BCUT2D eigenvalue weighted by Crippen LogP contribution is 2.29. The highest BCUT2D eigenvalue weighted by Gasteiger charge is 2.29. The minimum Gasteiger partial charge on any atom is -0.316 e. The van der Waals surface area contributed by atoms with E-state index in [0.717, 1.165) is 19.5 Å². The molecule has 0 radical (unpaired) electrons. The Bertz CT molecular complexity index is 285. The number of rotatable bonds is 1. The van der Waals surface area contributed by atoms with Crippen molar-refractivity contribution in [3.63, 3.8) is 0 Å². The van der Waals surface area contributed by atoms with Crippen molar-refractivity contribution in [1.82, 2.24) is 5.32 Å². The van der Waals surface area contributed by atoms with Crippen molar-refractivity contribution in [3.8, 4) is 0 Å². The quantitative estimate of drug-likeness (QED) is 0.696. The second-order valence-corrected chi connectivity index (χ2v) is 3.99. The minimum atomic E-state index is -0.154. The average molecular weight is 179 g/mol. The predicted molar refractivity (Wildman–Crippen MR) is 51.2 cm³/mol. The van der Waals surface area contributed by atoms with Gasteiger partial charge in [-0.25, -0.2) is 4.39 Å². The van der Waals surface area contributed by atoms with E-state index in [4.69, 9.17) is 0 Å². The zero-order valence-electron chi connectivity index (χ0n) is 7.81. The molecule has 1 aromatic rings. The van der Waals surface area contributed by atoms with Crippen molar-refractivity contribution >= 4 is 0 Å². The van der Waals surface area contributed by atoms with Crippen molar-refractivity contribution in [1.29, 1.82) is 0 Å². The van der Waals surface area contributed by atoms with E-state index < -0.39 is 0 Å². The van der Waals surface area contributed by atoms with E-state index in [0.29, 0.717) is 0 Å². The maximum Gasteiger partial charge on any atom is 0.123 e. The lowest BCUT2D eigenvalue weighted by Gasteiger charge is -2.22. The van der Waals surface area contributed by atoms with Crippen molar-refractivity contribution in [3.05, 3.63) is 35.6 Å². The Hall–Kier alpha value is -0.890. The summed E-state index contributed by atoms with van der Waals surface area (Å²) in [6, 6.07) is 6.86. The predicted octanol–water partition coefficient (Wildman–Crippen LogP) is 2.08. The molecule has 0 aromatic heterocycles. The number of benzene rings is 1. The fourth-order valence-corrected chi connectivity index (χ4v) is 1.92. The van der Waals surface area contributed by atoms with Crippen LogP contribution in [0.15, 0.2) is 24.3 Å². The summed E-state index contributed by atoms with van der Waals surface area (Å²) in [4.78, 5) is 0. The molecule has 1 aliphatic rings. The van der Waals surface area contributed by atoms with Crippen molar-refractivity contribution in [2.75, 3.05) is 13.1 Å². The van der Waals surface area contributed by atoms with Gasteiger partial charge >= 0.3 is 0 Å². The van der Waals surface area contributed by atoms with E-state index in [-0.39, 0.29) is 11.2 Å². The van der Waals surface area contributed by atoms with Crippen molar-refractivity contribution in [2.45, 2.75) is 18.8 Å². The average Bonchev–Trinajstić information content (AvgIpc) is 2.54. The van der Waals surface area contributed by atoms with Crippen LogP contribution in [-0.2, 0) is 5.41 Å². The van der Waals surface area contributed by atoms with Crippen LogP contribution in [0.25, 0.3) is 0 Å². The van der Waals surface area contributed by atoms with E-state index in [1.165, 1.54) is 5.56 Å². The fourth-order valence-electron chi connectivity index (χ4n) is 1.92. The standard InChI is InChI=1S/C11H14FN/c1-11(6-7-13-8-11)9-2-4-10(12)5-3-9/h2-5,13H,6-8H2,1H3. The Morgan fingerprint density at radius 1 is 1.31 bits per heavy atom. The second kappa shape index (κ2) is 3.11. The van der Waals surface area contributed by atoms with Crippen molar-refractivity contribution in [2.24, 2.45) is 0 Å². The summed E-state index contributed by atoms with van der Waals surface area (Å²) in [6.45, 7) is 4.28. The van der Waals surface area contributed by atoms with E-state index >= 15 is 0 Å². The first-order chi connectivity index (χ1) is 6.21. The number of halogens is 1. The van der Waals surface area contributed by atoms with Crippen LogP contribution in [0.5, 0.6) is 0 Å². The first kappa shape index (κ1) is 8.70. The van der Waals surface area contributed by atoms with Gasteiger partial charge in [0, 0.05) is 12.0 Å². The smallest absolute Gasteiger partial charge is 0.123 e. The molecule has 1 fully saturated rings. The van der Waals surface area contributed by atoms with Gasteiger partial charge in [0.15, 0.2) is 0 Å². The highest BCUT2D eigenvalue weighted by molar-refractivity contribution is 5.26. The van der Waals surface area contributed by atoms with Gasteiger partial charge in [-0.15, -0.1) is 0 Å². The molecule has 0 aliphatic carbocycles. The summed E-state index contributed by atoms with van der Waals surface area (Å²) < 4.78 is 12.7. The molecular formula is C11H14FN. The highest BCUT2D eigenvalue weighted by atomic mass is 19.1. The largest absolute Gasteiger partial charge is 0.316 e. The molecule has 1 aliphatic heterocycles.